The van der Waals surface area contributed by atoms with Crippen LogP contribution in [0.5, 0.6) is 0 Å². The number of hydrogen-bond donors (Lipinski definition) is 2. The van der Waals surface area contributed by atoms with Gasteiger partial charge in [-0.25, -0.2) is 0 Å². The average molecular weight is 265 g/mol. The van der Waals surface area contributed by atoms with Crippen molar-refractivity contribution in [2.45, 2.75) is 13.3 Å². The summed E-state index contributed by atoms with van der Waals surface area (Å²) in [5, 5.41) is 2.88. The molecule has 5 heteroatoms. The Balaban J connectivity index is 2.63. The fraction of sp³-hybridized carbons (Fsp3) is 0.500. The van der Waals surface area contributed by atoms with Crippen molar-refractivity contribution in [3.8, 4) is 0 Å². The third-order valence-corrected chi connectivity index (χ3v) is 2.70. The molecule has 1 aromatic rings. The maximum Gasteiger partial charge on any atom is 0.253 e. The van der Waals surface area contributed by atoms with E-state index in [4.69, 9.17) is 10.5 Å². The average Bonchev–Trinajstić information content (AvgIpc) is 2.37. The Kier molecular flexibility index (Phi) is 6.15. The molecule has 0 aliphatic carbocycles. The molecule has 5 nitrogen and oxygen atoms in total. The van der Waals surface area contributed by atoms with E-state index in [-0.39, 0.29) is 5.91 Å². The number of nitrogens with two attached hydrogens (primary N) is 1. The quantitative estimate of drug-likeness (QED) is 0.579. The van der Waals surface area contributed by atoms with Crippen molar-refractivity contribution in [3.63, 3.8) is 0 Å². The number of benzene rings is 1. The number of nitrogens with one attached hydrogen (secondary N) is 1. The minimum absolute atomic E-state index is 0.104. The smallest absolute Gasteiger partial charge is 0.253 e. The van der Waals surface area contributed by atoms with E-state index >= 15 is 0 Å². The van der Waals surface area contributed by atoms with E-state index in [1.807, 2.05) is 32.0 Å². The first-order valence-corrected chi connectivity index (χ1v) is 6.49. The van der Waals surface area contributed by atoms with E-state index in [9.17, 15) is 4.79 Å². The Labute approximate surface area is 114 Å². The van der Waals surface area contributed by atoms with Crippen LogP contribution in [0.2, 0.25) is 0 Å². The van der Waals surface area contributed by atoms with Gasteiger partial charge < -0.3 is 20.7 Å². The normalized spacial score (nSPS) is 10.3. The Bertz CT molecular complexity index is 419. The van der Waals surface area contributed by atoms with Crippen LogP contribution in [0.3, 0.4) is 0 Å². The van der Waals surface area contributed by atoms with Gasteiger partial charge in [0.15, 0.2) is 0 Å². The largest absolute Gasteiger partial charge is 0.399 e. The molecule has 0 unspecified atom stereocenters. The second-order valence-electron chi connectivity index (χ2n) is 4.48. The zero-order valence-corrected chi connectivity index (χ0v) is 11.9. The highest BCUT2D eigenvalue weighted by atomic mass is 16.5. The molecule has 0 fully saturated rings. The molecule has 0 saturated carbocycles. The zero-order valence-electron chi connectivity index (χ0n) is 11.9. The van der Waals surface area contributed by atoms with Gasteiger partial charge >= 0.3 is 0 Å². The van der Waals surface area contributed by atoms with Crippen molar-refractivity contribution in [2.75, 3.05) is 44.5 Å². The number of anilines is 2. The second-order valence-corrected chi connectivity index (χ2v) is 4.48. The van der Waals surface area contributed by atoms with Crippen LogP contribution in [0.25, 0.3) is 0 Å². The third-order valence-electron chi connectivity index (χ3n) is 2.70. The van der Waals surface area contributed by atoms with Crippen molar-refractivity contribution in [1.29, 1.82) is 0 Å². The summed E-state index contributed by atoms with van der Waals surface area (Å²) < 4.78 is 5.22. The van der Waals surface area contributed by atoms with Gasteiger partial charge in [-0.1, -0.05) is 0 Å². The number of rotatable bonds is 7. The second kappa shape index (κ2) is 7.63. The van der Waals surface area contributed by atoms with Crippen molar-refractivity contribution in [1.82, 2.24) is 5.32 Å². The number of nitrogen functional groups attached to an aromatic ring is 1. The number of carbonyl (C=O) groups is 1. The Morgan fingerprint density at radius 2 is 2.16 bits per heavy atom. The predicted molar refractivity (Wildman–Crippen MR) is 78.6 cm³/mol. The first kappa shape index (κ1) is 15.3. The summed E-state index contributed by atoms with van der Waals surface area (Å²) in [5.41, 5.74) is 7.79. The molecular weight excluding hydrogens is 242 g/mol. The Morgan fingerprint density at radius 3 is 2.79 bits per heavy atom. The van der Waals surface area contributed by atoms with E-state index in [1.165, 1.54) is 0 Å². The van der Waals surface area contributed by atoms with Gasteiger partial charge in [-0.05, 0) is 31.5 Å². The van der Waals surface area contributed by atoms with Crippen molar-refractivity contribution >= 4 is 17.3 Å². The fourth-order valence-electron chi connectivity index (χ4n) is 1.74. The summed E-state index contributed by atoms with van der Waals surface area (Å²) in [5.74, 6) is -0.104. The fourth-order valence-corrected chi connectivity index (χ4v) is 1.74. The Morgan fingerprint density at radius 1 is 1.42 bits per heavy atom. The molecule has 0 aromatic heterocycles. The summed E-state index contributed by atoms with van der Waals surface area (Å²) in [7, 11) is 3.80. The van der Waals surface area contributed by atoms with Gasteiger partial charge in [-0.2, -0.15) is 0 Å². The molecule has 0 heterocycles. The maximum atomic E-state index is 12.1. The molecule has 1 rings (SSSR count). The minimum Gasteiger partial charge on any atom is -0.399 e. The van der Waals surface area contributed by atoms with Gasteiger partial charge in [0.2, 0.25) is 0 Å². The highest BCUT2D eigenvalue weighted by Gasteiger charge is 2.12. The third kappa shape index (κ3) is 4.79. The Hall–Kier alpha value is -1.75. The highest BCUT2D eigenvalue weighted by molar-refractivity contribution is 6.00. The summed E-state index contributed by atoms with van der Waals surface area (Å²) in [6, 6.07) is 5.35. The van der Waals surface area contributed by atoms with Gasteiger partial charge in [0.05, 0.1) is 5.56 Å². The van der Waals surface area contributed by atoms with E-state index in [2.05, 4.69) is 5.32 Å². The van der Waals surface area contributed by atoms with Gasteiger partial charge in [-0.3, -0.25) is 4.79 Å². The molecule has 0 radical (unpaired) electrons. The van der Waals surface area contributed by atoms with E-state index in [1.54, 1.807) is 12.1 Å². The van der Waals surface area contributed by atoms with Crippen molar-refractivity contribution in [2.24, 2.45) is 0 Å². The van der Waals surface area contributed by atoms with Gasteiger partial charge in [0, 0.05) is 45.2 Å². The van der Waals surface area contributed by atoms with Crippen molar-refractivity contribution < 1.29 is 9.53 Å². The van der Waals surface area contributed by atoms with E-state index in [0.29, 0.717) is 31.0 Å². The number of amides is 1. The number of ether oxygens (including phenoxy) is 1. The first-order valence-electron chi connectivity index (χ1n) is 6.49. The maximum absolute atomic E-state index is 12.1. The van der Waals surface area contributed by atoms with Crippen LogP contribution in [-0.2, 0) is 4.74 Å². The molecule has 0 atom stereocenters. The standard InChI is InChI=1S/C14H23N3O2/c1-4-19-9-5-8-16-14(18)12-10-11(15)6-7-13(12)17(2)3/h6-7,10H,4-5,8-9,15H2,1-3H3,(H,16,18). The number of hydrogen-bond acceptors (Lipinski definition) is 4. The molecule has 19 heavy (non-hydrogen) atoms. The van der Waals surface area contributed by atoms with Gasteiger partial charge in [0.25, 0.3) is 5.91 Å². The van der Waals surface area contributed by atoms with Crippen LogP contribution in [0.15, 0.2) is 18.2 Å². The minimum atomic E-state index is -0.104. The molecule has 0 aliphatic rings. The van der Waals surface area contributed by atoms with Crippen LogP contribution in [-0.4, -0.2) is 39.8 Å². The predicted octanol–water partition coefficient (Wildman–Crippen LogP) is 1.49. The molecular formula is C14H23N3O2. The summed E-state index contributed by atoms with van der Waals surface area (Å²) in [6.45, 7) is 3.91. The number of nitrogens with zero attached hydrogens (tertiary/aromatic N) is 1. The summed E-state index contributed by atoms with van der Waals surface area (Å²) in [6.07, 6.45) is 0.805. The van der Waals surface area contributed by atoms with Crippen molar-refractivity contribution in [3.05, 3.63) is 23.8 Å². The molecule has 0 saturated heterocycles. The lowest BCUT2D eigenvalue weighted by Crippen LogP contribution is -2.27. The van der Waals surface area contributed by atoms with Crippen LogP contribution in [0.4, 0.5) is 11.4 Å². The van der Waals surface area contributed by atoms with E-state index < -0.39 is 0 Å². The molecule has 0 bridgehead atoms. The topological polar surface area (TPSA) is 67.6 Å². The SMILES string of the molecule is CCOCCCNC(=O)c1cc(N)ccc1N(C)C. The monoisotopic (exact) mass is 265 g/mol. The molecule has 1 aromatic carbocycles. The molecule has 0 aliphatic heterocycles. The lowest BCUT2D eigenvalue weighted by molar-refractivity contribution is 0.0945. The van der Waals surface area contributed by atoms with Crippen LogP contribution >= 0.6 is 0 Å². The molecule has 3 N–H and O–H groups in total. The number of carbonyl (C=O) groups excluding carboxylic acids is 1. The lowest BCUT2D eigenvalue weighted by Gasteiger charge is -2.17. The van der Waals surface area contributed by atoms with Gasteiger partial charge in [-0.15, -0.1) is 0 Å². The summed E-state index contributed by atoms with van der Waals surface area (Å²) >= 11 is 0. The molecule has 106 valence electrons. The van der Waals surface area contributed by atoms with Crippen LogP contribution in [0, 0.1) is 0 Å². The van der Waals surface area contributed by atoms with Crippen LogP contribution < -0.4 is 16.0 Å². The highest BCUT2D eigenvalue weighted by Crippen LogP contribution is 2.21. The lowest BCUT2D eigenvalue weighted by atomic mass is 10.1. The van der Waals surface area contributed by atoms with Crippen LogP contribution in [0.1, 0.15) is 23.7 Å². The first-order chi connectivity index (χ1) is 9.06. The zero-order chi connectivity index (χ0) is 14.3. The van der Waals surface area contributed by atoms with E-state index in [0.717, 1.165) is 12.1 Å². The summed E-state index contributed by atoms with van der Waals surface area (Å²) in [4.78, 5) is 14.0. The molecule has 0 spiro atoms. The van der Waals surface area contributed by atoms with Gasteiger partial charge in [0.1, 0.15) is 0 Å². The molecule has 1 amide bonds.